The number of rotatable bonds is 39. The molecule has 14 atom stereocenters. The highest BCUT2D eigenvalue weighted by Gasteiger charge is 2.45. The molecule has 8 rings (SSSR count). The molecule has 0 spiro atoms. The van der Waals surface area contributed by atoms with Crippen LogP contribution in [0.4, 0.5) is 0 Å². The Morgan fingerprint density at radius 3 is 1.67 bits per heavy atom. The monoisotopic (exact) mass is 1540 g/mol. The Bertz CT molecular complexity index is 4030. The third-order valence-electron chi connectivity index (χ3n) is 20.4. The minimum atomic E-state index is -1.73. The number of phenols is 1. The first-order chi connectivity index (χ1) is 52.6. The number of likely N-dealkylation sites (tertiary alicyclic amines) is 3. The Balaban J connectivity index is 1.01. The predicted octanol–water partition coefficient (Wildman–Crippen LogP) is 0.0201. The van der Waals surface area contributed by atoms with Crippen molar-refractivity contribution in [1.82, 2.24) is 72.2 Å². The number of aromatic hydroxyl groups is 1. The zero-order valence-electron chi connectivity index (χ0n) is 62.9. The SMILES string of the molecule is CC[C@H](C)[C@H](N)C(=O)N1CCC[C@H]1C(=O)N[C@@H](Cc1cnc[nH]1)C(=O)N[C@@H](CCCN=C(N)N)C(=O)N1CCC[C@H]1C(=O)N[C@@H](CCSC)C(=O)N[C@@H](Cc1ccc(O)cc1)C(=O)N[C@@H](Cc1c[nH]c2ccccc12)C(=O)N[C@H](C(=O)N1CCC[C@H]1C(=O)N[C@H](C(=O)N[C@@H](Cc1ccccc1)C(=O)O)C(C)C)[C@@H](C)O. The van der Waals surface area contributed by atoms with Gasteiger partial charge in [-0.25, -0.2) is 9.78 Å². The lowest BCUT2D eigenvalue weighted by Crippen LogP contribution is -2.62. The lowest BCUT2D eigenvalue weighted by molar-refractivity contribution is -0.145. The van der Waals surface area contributed by atoms with E-state index >= 15 is 19.2 Å². The molecule has 3 aliphatic heterocycles. The Morgan fingerprint density at radius 1 is 0.582 bits per heavy atom. The molecule has 19 N–H and O–H groups in total. The number of amides is 11. The molecule has 11 amide bonds. The number of carbonyl (C=O) groups excluding carboxylic acids is 11. The number of aliphatic imine (C=N–C) groups is 1. The fourth-order valence-corrected chi connectivity index (χ4v) is 14.4. The number of hydrogen-bond acceptors (Lipinski definition) is 18. The average Bonchev–Trinajstić information content (AvgIpc) is 1.63. The molecule has 0 radical (unpaired) electrons. The highest BCUT2D eigenvalue weighted by molar-refractivity contribution is 7.98. The molecule has 3 aromatic carbocycles. The number of aromatic nitrogens is 3. The van der Waals surface area contributed by atoms with Gasteiger partial charge in [-0.05, 0) is 123 Å². The van der Waals surface area contributed by atoms with Gasteiger partial charge in [0, 0.05) is 80.9 Å². The minimum absolute atomic E-state index is 0.000671. The first-order valence-corrected chi connectivity index (χ1v) is 38.9. The van der Waals surface area contributed by atoms with E-state index in [1.807, 2.05) is 13.8 Å². The van der Waals surface area contributed by atoms with Gasteiger partial charge in [-0.2, -0.15) is 11.8 Å². The van der Waals surface area contributed by atoms with Crippen molar-refractivity contribution in [3.05, 3.63) is 120 Å². The van der Waals surface area contributed by atoms with Crippen molar-refractivity contribution in [2.75, 3.05) is 38.2 Å². The predicted molar refractivity (Wildman–Crippen MR) is 410 cm³/mol. The third-order valence-corrected chi connectivity index (χ3v) is 21.0. The van der Waals surface area contributed by atoms with Gasteiger partial charge in [0.1, 0.15) is 72.2 Å². The Morgan fingerprint density at radius 2 is 1.10 bits per heavy atom. The van der Waals surface area contributed by atoms with Crippen LogP contribution >= 0.6 is 11.8 Å². The van der Waals surface area contributed by atoms with Crippen molar-refractivity contribution in [2.45, 2.75) is 203 Å². The second kappa shape index (κ2) is 40.7. The number of nitrogens with one attached hydrogen (secondary N) is 10. The number of phenolic OH excluding ortho intramolecular Hbond substituents is 1. The summed E-state index contributed by atoms with van der Waals surface area (Å²) in [5.41, 5.74) is 20.4. The van der Waals surface area contributed by atoms with Gasteiger partial charge in [0.15, 0.2) is 5.96 Å². The summed E-state index contributed by atoms with van der Waals surface area (Å²) in [5, 5.41) is 54.5. The number of hydrogen-bond donors (Lipinski definition) is 16. The zero-order valence-corrected chi connectivity index (χ0v) is 63.8. The van der Waals surface area contributed by atoms with Crippen molar-refractivity contribution in [3.8, 4) is 5.75 Å². The van der Waals surface area contributed by atoms with Crippen LogP contribution in [0.2, 0.25) is 0 Å². The molecule has 110 heavy (non-hydrogen) atoms. The van der Waals surface area contributed by atoms with E-state index in [0.717, 1.165) is 0 Å². The third kappa shape index (κ3) is 23.2. The van der Waals surface area contributed by atoms with Gasteiger partial charge >= 0.3 is 5.97 Å². The number of H-pyrrole nitrogens is 2. The van der Waals surface area contributed by atoms with Gasteiger partial charge in [0.05, 0.1) is 18.5 Å². The lowest BCUT2D eigenvalue weighted by Gasteiger charge is -2.32. The first-order valence-electron chi connectivity index (χ1n) is 37.5. The number of nitrogens with zero attached hydrogens (tertiary/aromatic N) is 5. The number of thioether (sulfide) groups is 1. The Kier molecular flexibility index (Phi) is 31.5. The molecule has 3 aliphatic rings. The van der Waals surface area contributed by atoms with E-state index in [4.69, 9.17) is 17.2 Å². The van der Waals surface area contributed by atoms with Crippen LogP contribution in [0.1, 0.15) is 121 Å². The summed E-state index contributed by atoms with van der Waals surface area (Å²) in [6.45, 7) is 8.73. The minimum Gasteiger partial charge on any atom is -0.508 e. The number of aromatic amines is 2. The second-order valence-corrected chi connectivity index (χ2v) is 29.8. The number of guanidine groups is 1. The number of fused-ring (bicyclic) bond motifs is 1. The number of nitrogens with two attached hydrogens (primary N) is 3. The lowest BCUT2D eigenvalue weighted by atomic mass is 9.98. The van der Waals surface area contributed by atoms with Crippen LogP contribution in [0, 0.1) is 11.8 Å². The number of para-hydroxylation sites is 1. The molecule has 3 fully saturated rings. The number of carbonyl (C=O) groups is 12. The summed E-state index contributed by atoms with van der Waals surface area (Å²) in [5.74, 6) is -10.3. The van der Waals surface area contributed by atoms with E-state index in [0.29, 0.717) is 71.1 Å². The molecule has 2 aromatic heterocycles. The highest BCUT2D eigenvalue weighted by atomic mass is 32.2. The normalized spacial score (nSPS) is 18.6. The molecule has 3 saturated heterocycles. The number of aliphatic hydroxyl groups excluding tert-OH is 1. The van der Waals surface area contributed by atoms with Crippen LogP contribution in [0.5, 0.6) is 5.75 Å². The molecule has 34 heteroatoms. The topological polar surface area (TPSA) is 506 Å². The van der Waals surface area contributed by atoms with E-state index in [1.165, 1.54) is 70.2 Å². The van der Waals surface area contributed by atoms with E-state index in [2.05, 4.69) is 62.5 Å². The highest BCUT2D eigenvalue weighted by Crippen LogP contribution is 2.26. The Hall–Kier alpha value is -10.6. The summed E-state index contributed by atoms with van der Waals surface area (Å²) < 4.78 is 0. The number of carboxylic acids is 1. The fourth-order valence-electron chi connectivity index (χ4n) is 14.0. The van der Waals surface area contributed by atoms with Gasteiger partial charge in [-0.1, -0.05) is 94.8 Å². The van der Waals surface area contributed by atoms with Crippen LogP contribution in [0.3, 0.4) is 0 Å². The van der Waals surface area contributed by atoms with Crippen LogP contribution in [0.25, 0.3) is 10.9 Å². The van der Waals surface area contributed by atoms with E-state index < -0.39 is 150 Å². The maximum absolute atomic E-state index is 15.3. The molecule has 0 saturated carbocycles. The number of aliphatic carboxylic acids is 1. The Labute approximate surface area is 642 Å². The maximum atomic E-state index is 15.3. The molecule has 5 heterocycles. The molecule has 0 bridgehead atoms. The summed E-state index contributed by atoms with van der Waals surface area (Å²) in [7, 11) is 0. The molecular weight excluding hydrogens is 1440 g/mol. The van der Waals surface area contributed by atoms with Gasteiger partial charge < -0.3 is 99.7 Å². The molecule has 596 valence electrons. The summed E-state index contributed by atoms with van der Waals surface area (Å²) in [6.07, 6.45) is 6.56. The van der Waals surface area contributed by atoms with E-state index in [-0.39, 0.29) is 108 Å². The molecule has 5 aromatic rings. The largest absolute Gasteiger partial charge is 0.508 e. The van der Waals surface area contributed by atoms with E-state index in [1.54, 1.807) is 80.9 Å². The number of benzene rings is 3. The second-order valence-electron chi connectivity index (χ2n) is 28.8. The smallest absolute Gasteiger partial charge is 0.326 e. The van der Waals surface area contributed by atoms with Crippen molar-refractivity contribution < 1.29 is 72.9 Å². The fraction of sp³-hybridized carbons (Fsp3) is 0.526. The van der Waals surface area contributed by atoms with Crippen LogP contribution < -0.4 is 59.7 Å². The standard InChI is InChI=1S/C76H106N18O15S/c1-7-43(4)61(77)73(106)93-32-15-23-59(93)69(102)88-56(38-48-40-80-41-83-48)66(99)85-53(21-13-30-81-76(78)79)72(105)92-31-14-22-58(92)68(101)84-52(29-34-110-6)64(97)86-54(35-46-25-27-49(96)28-26-46)65(98)87-55(37-47-39-82-51-20-12-11-19-50(47)51)67(100)91-63(44(5)95)74(107)94-33-16-24-60(94)70(103)90-62(42(2)3)71(104)89-57(75(108)109)36-45-17-9-8-10-18-45/h8-12,17-20,25-28,39-44,52-63,82,95-96H,7,13-16,21-24,29-38,77H2,1-6H3,(H,80,83)(H,84,101)(H,85,99)(H,86,97)(H,87,98)(H,88,102)(H,89,104)(H,90,103)(H,91,100)(H,108,109)(H4,78,79,81)/t43-,44+,52-,53-,54-,55-,56-,57-,58-,59-,60-,61-,62-,63-/m0/s1. The van der Waals surface area contributed by atoms with Crippen LogP contribution in [-0.4, -0.2) is 239 Å². The van der Waals surface area contributed by atoms with Crippen molar-refractivity contribution >= 4 is 99.6 Å². The molecule has 0 aliphatic carbocycles. The molecular formula is C76H106N18O15S. The number of aliphatic hydroxyl groups is 1. The summed E-state index contributed by atoms with van der Waals surface area (Å²) in [6, 6.07) is 6.03. The first kappa shape index (κ1) is 85.0. The average molecular weight is 1540 g/mol. The number of imidazole rings is 1. The van der Waals surface area contributed by atoms with Crippen molar-refractivity contribution in [1.29, 1.82) is 0 Å². The molecule has 33 nitrogen and oxygen atoms in total. The summed E-state index contributed by atoms with van der Waals surface area (Å²) >= 11 is 1.36. The van der Waals surface area contributed by atoms with Gasteiger partial charge in [0.25, 0.3) is 0 Å². The van der Waals surface area contributed by atoms with Crippen molar-refractivity contribution in [3.63, 3.8) is 0 Å². The maximum Gasteiger partial charge on any atom is 0.326 e. The quantitative estimate of drug-likeness (QED) is 0.0140. The summed E-state index contributed by atoms with van der Waals surface area (Å²) in [4.78, 5) is 191. The van der Waals surface area contributed by atoms with Crippen LogP contribution in [-0.2, 0) is 83.2 Å². The molecule has 0 unspecified atom stereocenters. The van der Waals surface area contributed by atoms with Crippen LogP contribution in [0.15, 0.2) is 103 Å². The van der Waals surface area contributed by atoms with Crippen molar-refractivity contribution in [2.24, 2.45) is 34.0 Å². The van der Waals surface area contributed by atoms with E-state index in [9.17, 15) is 53.7 Å². The number of carboxylic acid groups (broad SMARTS) is 1. The zero-order chi connectivity index (χ0) is 79.9. The van der Waals surface area contributed by atoms with Gasteiger partial charge in [0.2, 0.25) is 65.0 Å². The van der Waals surface area contributed by atoms with Gasteiger partial charge in [-0.3, -0.25) is 57.7 Å². The van der Waals surface area contributed by atoms with Gasteiger partial charge in [-0.15, -0.1) is 0 Å².